The van der Waals surface area contributed by atoms with Crippen LogP contribution in [0.25, 0.3) is 0 Å². The van der Waals surface area contributed by atoms with Crippen molar-refractivity contribution >= 4 is 53.2 Å². The summed E-state index contributed by atoms with van der Waals surface area (Å²) in [6.07, 6.45) is 3.03. The number of hydrogen-bond acceptors (Lipinski definition) is 12. The van der Waals surface area contributed by atoms with Crippen molar-refractivity contribution in [1.29, 1.82) is 0 Å². The van der Waals surface area contributed by atoms with E-state index in [4.69, 9.17) is 4.74 Å². The number of nitrogens with zero attached hydrogens (tertiary/aromatic N) is 3. The lowest BCUT2D eigenvalue weighted by molar-refractivity contribution is -0.137. The normalized spacial score (nSPS) is 23.4. The number of esters is 1. The molecule has 0 aliphatic carbocycles. The van der Waals surface area contributed by atoms with Crippen LogP contribution < -0.4 is 20.7 Å². The van der Waals surface area contributed by atoms with Gasteiger partial charge in [0.1, 0.15) is 17.8 Å². The summed E-state index contributed by atoms with van der Waals surface area (Å²) in [7, 11) is 0. The third kappa shape index (κ3) is 7.37. The summed E-state index contributed by atoms with van der Waals surface area (Å²) in [5, 5.41) is 7.82. The smallest absolute Gasteiger partial charge is 0.312 e. The fraction of sp³-hybridized carbons (Fsp3) is 0.512. The first-order chi connectivity index (χ1) is 28.1. The number of rotatable bonds is 8. The zero-order chi connectivity index (χ0) is 41.9. The average molecular weight is 809 g/mol. The molecule has 59 heavy (non-hydrogen) atoms. The van der Waals surface area contributed by atoms with Crippen molar-refractivity contribution in [3.8, 4) is 5.75 Å². The van der Waals surface area contributed by atoms with Gasteiger partial charge < -0.3 is 15.0 Å². The molecule has 0 spiro atoms. The van der Waals surface area contributed by atoms with E-state index in [0.717, 1.165) is 65.3 Å². The summed E-state index contributed by atoms with van der Waals surface area (Å²) in [5.74, 6) is -5.20. The molecule has 6 heterocycles. The number of carbonyl (C=O) groups is 9. The largest absolute Gasteiger partial charge is 0.425 e. The van der Waals surface area contributed by atoms with E-state index in [-0.39, 0.29) is 71.9 Å². The van der Waals surface area contributed by atoms with Gasteiger partial charge in [-0.1, -0.05) is 26.8 Å². The van der Waals surface area contributed by atoms with E-state index >= 15 is 0 Å². The first-order valence-corrected chi connectivity index (χ1v) is 20.5. The van der Waals surface area contributed by atoms with Crippen molar-refractivity contribution in [3.63, 3.8) is 0 Å². The van der Waals surface area contributed by atoms with E-state index in [2.05, 4.69) is 20.9 Å². The lowest BCUT2D eigenvalue weighted by Gasteiger charge is -2.33. The van der Waals surface area contributed by atoms with Gasteiger partial charge in [-0.15, -0.1) is 0 Å². The molecule has 4 fully saturated rings. The molecule has 8 rings (SSSR count). The molecule has 16 heteroatoms. The van der Waals surface area contributed by atoms with E-state index in [1.54, 1.807) is 18.2 Å². The second-order valence-electron chi connectivity index (χ2n) is 17.4. The second-order valence-corrected chi connectivity index (χ2v) is 17.4. The van der Waals surface area contributed by atoms with Crippen LogP contribution in [0.4, 0.5) is 0 Å². The maximum atomic E-state index is 14.3. The molecule has 2 aromatic carbocycles. The molecule has 2 aromatic rings. The average Bonchev–Trinajstić information content (AvgIpc) is 3.60. The lowest BCUT2D eigenvalue weighted by Crippen LogP contribution is -2.54. The quantitative estimate of drug-likeness (QED) is 0.200. The molecule has 0 saturated carbocycles. The predicted octanol–water partition coefficient (Wildman–Crippen LogP) is 2.43. The Kier molecular flexibility index (Phi) is 10.6. The summed E-state index contributed by atoms with van der Waals surface area (Å²) in [6, 6.07) is 4.73. The highest BCUT2D eigenvalue weighted by atomic mass is 16.5. The third-order valence-electron chi connectivity index (χ3n) is 12.6. The highest BCUT2D eigenvalue weighted by molar-refractivity contribution is 6.25. The van der Waals surface area contributed by atoms with Crippen LogP contribution >= 0.6 is 0 Å². The van der Waals surface area contributed by atoms with E-state index in [0.29, 0.717) is 19.6 Å². The number of benzene rings is 2. The zero-order valence-electron chi connectivity index (χ0n) is 33.4. The summed E-state index contributed by atoms with van der Waals surface area (Å²) in [4.78, 5) is 122. The standard InChI is InChI=1S/C43H48N6O10/c1-43(2,3)28-21-27-35(42(58)49(41(27)57)30-7-9-32(51)46-38(30)54)36(34(28)23-10-15-44-16-11-23)59-33(52)14-19-47-17-12-22(13-18-47)24-4-5-25-26(20-24)40(56)48(39(25)55)29-6-8-31(50)45-37(29)53/h4-5,20-23,29-30,44H,6-19H2,1-3H3,(H,45,50,53)(H,46,51,54). The highest BCUT2D eigenvalue weighted by Crippen LogP contribution is 2.47. The van der Waals surface area contributed by atoms with E-state index in [1.165, 1.54) is 0 Å². The van der Waals surface area contributed by atoms with Crippen LogP contribution in [0.5, 0.6) is 5.75 Å². The van der Waals surface area contributed by atoms with Gasteiger partial charge in [0.25, 0.3) is 23.6 Å². The molecule has 0 radical (unpaired) electrons. The fourth-order valence-electron chi connectivity index (χ4n) is 9.50. The van der Waals surface area contributed by atoms with Crippen molar-refractivity contribution < 1.29 is 47.9 Å². The van der Waals surface area contributed by atoms with Gasteiger partial charge in [0.05, 0.1) is 28.7 Å². The predicted molar refractivity (Wildman–Crippen MR) is 208 cm³/mol. The second kappa shape index (κ2) is 15.5. The maximum absolute atomic E-state index is 14.3. The Hall–Kier alpha value is -5.61. The fourth-order valence-corrected chi connectivity index (χ4v) is 9.50. The Morgan fingerprint density at radius 2 is 1.27 bits per heavy atom. The number of carbonyl (C=O) groups excluding carboxylic acids is 9. The molecule has 0 bridgehead atoms. The first kappa shape index (κ1) is 40.2. The minimum atomic E-state index is -1.17. The van der Waals surface area contributed by atoms with Gasteiger partial charge in [0.2, 0.25) is 23.6 Å². The molecule has 0 aromatic heterocycles. The molecule has 6 aliphatic rings. The third-order valence-corrected chi connectivity index (χ3v) is 12.6. The van der Waals surface area contributed by atoms with Crippen molar-refractivity contribution in [1.82, 2.24) is 30.7 Å². The molecular weight excluding hydrogens is 761 g/mol. The molecule has 4 saturated heterocycles. The molecular formula is C43H48N6O10. The molecule has 6 aliphatic heterocycles. The van der Waals surface area contributed by atoms with Crippen LogP contribution in [0, 0.1) is 0 Å². The van der Waals surface area contributed by atoms with Crippen LogP contribution in [-0.4, -0.2) is 113 Å². The lowest BCUT2D eigenvalue weighted by atomic mass is 9.75. The van der Waals surface area contributed by atoms with Gasteiger partial charge in [-0.2, -0.15) is 0 Å². The Bertz CT molecular complexity index is 2210. The van der Waals surface area contributed by atoms with E-state index in [1.807, 2.05) is 26.8 Å². The Balaban J connectivity index is 0.971. The molecule has 8 amide bonds. The van der Waals surface area contributed by atoms with Crippen molar-refractivity contribution in [3.05, 3.63) is 63.2 Å². The van der Waals surface area contributed by atoms with Crippen molar-refractivity contribution in [2.24, 2.45) is 0 Å². The zero-order valence-corrected chi connectivity index (χ0v) is 33.4. The number of piperidine rings is 4. The van der Waals surface area contributed by atoms with Crippen LogP contribution in [0.3, 0.4) is 0 Å². The number of fused-ring (bicyclic) bond motifs is 2. The van der Waals surface area contributed by atoms with Gasteiger partial charge in [0.15, 0.2) is 0 Å². The van der Waals surface area contributed by atoms with Crippen LogP contribution in [-0.2, 0) is 29.4 Å². The van der Waals surface area contributed by atoms with Crippen LogP contribution in [0.15, 0.2) is 24.3 Å². The highest BCUT2D eigenvalue weighted by Gasteiger charge is 2.49. The molecule has 2 atom stereocenters. The molecule has 3 N–H and O–H groups in total. The minimum Gasteiger partial charge on any atom is -0.425 e. The van der Waals surface area contributed by atoms with Gasteiger partial charge in [-0.3, -0.25) is 63.6 Å². The summed E-state index contributed by atoms with van der Waals surface area (Å²) in [6.45, 7) is 9.14. The molecule has 310 valence electrons. The first-order valence-electron chi connectivity index (χ1n) is 20.5. The van der Waals surface area contributed by atoms with Crippen LogP contribution in [0.1, 0.15) is 149 Å². The summed E-state index contributed by atoms with van der Waals surface area (Å²) in [5.41, 5.74) is 2.45. The van der Waals surface area contributed by atoms with Gasteiger partial charge in [0, 0.05) is 24.9 Å². The monoisotopic (exact) mass is 808 g/mol. The SMILES string of the molecule is CC(C)(C)c1cc2c(c(OC(=O)CCN3CCC(c4ccc5c(c4)C(=O)N(C4CCC(=O)NC4=O)C5=O)CC3)c1C1CCNCC1)C(=O)N(C1CCC(=O)NC1=O)C2=O. The van der Waals surface area contributed by atoms with Gasteiger partial charge in [-0.25, -0.2) is 0 Å². The van der Waals surface area contributed by atoms with Gasteiger partial charge in [-0.05, 0) is 111 Å². The van der Waals surface area contributed by atoms with Crippen molar-refractivity contribution in [2.45, 2.75) is 108 Å². The number of nitrogens with one attached hydrogen (secondary N) is 3. The van der Waals surface area contributed by atoms with Gasteiger partial charge >= 0.3 is 5.97 Å². The van der Waals surface area contributed by atoms with E-state index in [9.17, 15) is 43.2 Å². The van der Waals surface area contributed by atoms with Crippen LogP contribution in [0.2, 0.25) is 0 Å². The minimum absolute atomic E-state index is 0.00264. The molecule has 2 unspecified atom stereocenters. The Morgan fingerprint density at radius 1 is 0.695 bits per heavy atom. The number of imide groups is 4. The number of hydrogen-bond donors (Lipinski definition) is 3. The number of amides is 8. The number of likely N-dealkylation sites (tertiary alicyclic amines) is 1. The summed E-state index contributed by atoms with van der Waals surface area (Å²) < 4.78 is 6.24. The topological polar surface area (TPSA) is 209 Å². The van der Waals surface area contributed by atoms with E-state index < -0.39 is 70.7 Å². The Labute approximate surface area is 340 Å². The number of ether oxygens (including phenoxy) is 1. The Morgan fingerprint density at radius 3 is 1.86 bits per heavy atom. The maximum Gasteiger partial charge on any atom is 0.312 e. The molecule has 16 nitrogen and oxygen atoms in total. The van der Waals surface area contributed by atoms with Crippen molar-refractivity contribution in [2.75, 3.05) is 32.7 Å². The summed E-state index contributed by atoms with van der Waals surface area (Å²) >= 11 is 0.